The number of aromatic hydroxyl groups is 1. The third-order valence-corrected chi connectivity index (χ3v) is 7.98. The molecular formula is C36H53N3O7S. The Morgan fingerprint density at radius 1 is 0.851 bits per heavy atom. The number of alkyl carbamates (subject to hydrolysis) is 1. The Balaban J connectivity index is 2.69. The third kappa shape index (κ3) is 12.8. The first kappa shape index (κ1) is 39.4. The summed E-state index contributed by atoms with van der Waals surface area (Å²) in [5, 5.41) is 16.1. The maximum Gasteiger partial charge on any atom is 0.408 e. The van der Waals surface area contributed by atoms with E-state index in [9.17, 15) is 24.3 Å². The van der Waals surface area contributed by atoms with Crippen LogP contribution in [0.2, 0.25) is 0 Å². The molecule has 3 atom stereocenters. The second-order valence-electron chi connectivity index (χ2n) is 14.1. The van der Waals surface area contributed by atoms with E-state index in [1.54, 1.807) is 53.7 Å². The number of carbonyl (C=O) groups is 4. The Hall–Kier alpha value is -3.73. The van der Waals surface area contributed by atoms with Gasteiger partial charge in [0.25, 0.3) is 0 Å². The quantitative estimate of drug-likeness (QED) is 0.203. The molecule has 11 heteroatoms. The standard InChI is InChI=1S/C36H53N3O7S/c1-11-36(8,9)39(31(42)27(20-21-47-10)38-33(44)46-35(5,6)7)29(25-18-15-19-26(40)23-25)30(41)37-28(32(43)45-34(2,3)4)22-24-16-13-12-14-17-24/h12-19,23,27-29,40H,11,20-22H2,1-10H3,(H,37,41)(H,38,44). The van der Waals surface area contributed by atoms with Gasteiger partial charge in [0.05, 0.1) is 0 Å². The predicted octanol–water partition coefficient (Wildman–Crippen LogP) is 6.17. The number of phenolic OH excluding ortho intramolecular Hbond substituents is 1. The Kier molecular flexibility index (Phi) is 14.2. The number of amides is 3. The van der Waals surface area contributed by atoms with Crippen LogP contribution in [0.5, 0.6) is 5.75 Å². The maximum atomic E-state index is 14.7. The molecule has 2 aromatic rings. The van der Waals surface area contributed by atoms with Gasteiger partial charge in [0.2, 0.25) is 11.8 Å². The second kappa shape index (κ2) is 16.9. The van der Waals surface area contributed by atoms with Crippen LogP contribution < -0.4 is 10.6 Å². The number of hydrogen-bond donors (Lipinski definition) is 3. The van der Waals surface area contributed by atoms with Crippen LogP contribution in [0, 0.1) is 0 Å². The molecule has 0 aliphatic rings. The van der Waals surface area contributed by atoms with E-state index in [1.807, 2.05) is 57.4 Å². The average molecular weight is 672 g/mol. The highest BCUT2D eigenvalue weighted by atomic mass is 32.2. The SMILES string of the molecule is CCC(C)(C)N(C(=O)C(CCSC)NC(=O)OC(C)(C)C)C(C(=O)NC(Cc1ccccc1)C(=O)OC(C)(C)C)c1cccc(O)c1. The molecule has 0 aromatic heterocycles. The van der Waals surface area contributed by atoms with Crippen molar-refractivity contribution in [2.45, 2.75) is 116 Å². The fraction of sp³-hybridized carbons (Fsp3) is 0.556. The lowest BCUT2D eigenvalue weighted by molar-refractivity contribution is -0.159. The van der Waals surface area contributed by atoms with E-state index >= 15 is 0 Å². The maximum absolute atomic E-state index is 14.7. The zero-order chi connectivity index (χ0) is 35.6. The van der Waals surface area contributed by atoms with E-state index in [1.165, 1.54) is 28.8 Å². The third-order valence-electron chi connectivity index (χ3n) is 7.34. The summed E-state index contributed by atoms with van der Waals surface area (Å²) in [6.45, 7) is 16.0. The summed E-state index contributed by atoms with van der Waals surface area (Å²) in [5.41, 5.74) is -1.39. The molecule has 2 aromatic carbocycles. The number of ether oxygens (including phenoxy) is 2. The summed E-state index contributed by atoms with van der Waals surface area (Å²) in [5.74, 6) is -1.31. The Morgan fingerprint density at radius 3 is 2.00 bits per heavy atom. The van der Waals surface area contributed by atoms with Crippen molar-refractivity contribution in [3.8, 4) is 5.75 Å². The van der Waals surface area contributed by atoms with Crippen LogP contribution >= 0.6 is 11.8 Å². The van der Waals surface area contributed by atoms with Gasteiger partial charge in [-0.1, -0.05) is 49.4 Å². The Bertz CT molecular complexity index is 1350. The second-order valence-corrected chi connectivity index (χ2v) is 15.1. The number of hydrogen-bond acceptors (Lipinski definition) is 8. The first-order valence-corrected chi connectivity index (χ1v) is 17.3. The van der Waals surface area contributed by atoms with Gasteiger partial charge in [0.1, 0.15) is 35.1 Å². The van der Waals surface area contributed by atoms with Crippen molar-refractivity contribution in [3.63, 3.8) is 0 Å². The molecule has 3 unspecified atom stereocenters. The van der Waals surface area contributed by atoms with Crippen molar-refractivity contribution in [3.05, 3.63) is 65.7 Å². The van der Waals surface area contributed by atoms with Crippen LogP contribution in [-0.4, -0.2) is 74.7 Å². The number of rotatable bonds is 14. The van der Waals surface area contributed by atoms with Gasteiger partial charge < -0.3 is 30.1 Å². The van der Waals surface area contributed by atoms with Crippen molar-refractivity contribution >= 4 is 35.6 Å². The summed E-state index contributed by atoms with van der Waals surface area (Å²) in [6.07, 6.45) is 2.02. The van der Waals surface area contributed by atoms with Crippen LogP contribution in [0.15, 0.2) is 54.6 Å². The minimum absolute atomic E-state index is 0.0965. The minimum Gasteiger partial charge on any atom is -0.508 e. The van der Waals surface area contributed by atoms with Gasteiger partial charge >= 0.3 is 12.1 Å². The van der Waals surface area contributed by atoms with Crippen molar-refractivity contribution in [1.29, 1.82) is 0 Å². The first-order chi connectivity index (χ1) is 21.8. The zero-order valence-electron chi connectivity index (χ0n) is 29.5. The van der Waals surface area contributed by atoms with Crippen molar-refractivity contribution in [1.82, 2.24) is 15.5 Å². The van der Waals surface area contributed by atoms with E-state index in [2.05, 4.69) is 10.6 Å². The van der Waals surface area contributed by atoms with Gasteiger partial charge in [0.15, 0.2) is 0 Å². The van der Waals surface area contributed by atoms with Crippen LogP contribution in [0.1, 0.15) is 92.3 Å². The van der Waals surface area contributed by atoms with Crippen LogP contribution in [0.4, 0.5) is 4.79 Å². The molecular weight excluding hydrogens is 618 g/mol. The summed E-state index contributed by atoms with van der Waals surface area (Å²) in [6, 6.07) is 12.0. The van der Waals surface area contributed by atoms with Crippen molar-refractivity contribution in [2.24, 2.45) is 0 Å². The van der Waals surface area contributed by atoms with Crippen molar-refractivity contribution in [2.75, 3.05) is 12.0 Å². The van der Waals surface area contributed by atoms with Gasteiger partial charge in [-0.2, -0.15) is 11.8 Å². The smallest absolute Gasteiger partial charge is 0.408 e. The van der Waals surface area contributed by atoms with E-state index in [0.29, 0.717) is 17.7 Å². The van der Waals surface area contributed by atoms with E-state index in [0.717, 1.165) is 5.56 Å². The number of esters is 1. The zero-order valence-corrected chi connectivity index (χ0v) is 30.3. The number of thioether (sulfide) groups is 1. The van der Waals surface area contributed by atoms with Crippen LogP contribution in [0.3, 0.4) is 0 Å². The highest BCUT2D eigenvalue weighted by molar-refractivity contribution is 7.98. The molecule has 0 aliphatic heterocycles. The molecule has 0 fully saturated rings. The molecule has 0 heterocycles. The van der Waals surface area contributed by atoms with Gasteiger partial charge in [0, 0.05) is 12.0 Å². The molecule has 3 amide bonds. The number of nitrogens with zero attached hydrogens (tertiary/aromatic N) is 1. The molecule has 0 aliphatic carbocycles. The normalized spacial score (nSPS) is 13.9. The summed E-state index contributed by atoms with van der Waals surface area (Å²) < 4.78 is 11.2. The Labute approximate surface area is 284 Å². The number of nitrogens with one attached hydrogen (secondary N) is 2. The molecule has 10 nitrogen and oxygen atoms in total. The lowest BCUT2D eigenvalue weighted by Crippen LogP contribution is -2.60. The fourth-order valence-electron chi connectivity index (χ4n) is 4.84. The van der Waals surface area contributed by atoms with E-state index in [-0.39, 0.29) is 18.6 Å². The molecule has 0 bridgehead atoms. The number of benzene rings is 2. The molecule has 2 rings (SSSR count). The Morgan fingerprint density at radius 2 is 1.47 bits per heavy atom. The lowest BCUT2D eigenvalue weighted by Gasteiger charge is -2.45. The van der Waals surface area contributed by atoms with Gasteiger partial charge in [-0.05, 0) is 103 Å². The topological polar surface area (TPSA) is 134 Å². The van der Waals surface area contributed by atoms with Crippen LogP contribution in [0.25, 0.3) is 0 Å². The summed E-state index contributed by atoms with van der Waals surface area (Å²) >= 11 is 1.52. The van der Waals surface area contributed by atoms with E-state index in [4.69, 9.17) is 9.47 Å². The highest BCUT2D eigenvalue weighted by Crippen LogP contribution is 2.34. The highest BCUT2D eigenvalue weighted by Gasteiger charge is 2.44. The molecule has 0 spiro atoms. The summed E-state index contributed by atoms with van der Waals surface area (Å²) in [7, 11) is 0. The monoisotopic (exact) mass is 671 g/mol. The lowest BCUT2D eigenvalue weighted by atomic mass is 9.91. The first-order valence-electron chi connectivity index (χ1n) is 16.0. The fourth-order valence-corrected chi connectivity index (χ4v) is 5.31. The van der Waals surface area contributed by atoms with Gasteiger partial charge in [-0.15, -0.1) is 0 Å². The summed E-state index contributed by atoms with van der Waals surface area (Å²) in [4.78, 5) is 57.1. The number of phenols is 1. The molecule has 0 saturated carbocycles. The van der Waals surface area contributed by atoms with E-state index < -0.39 is 58.7 Å². The molecule has 3 N–H and O–H groups in total. The molecule has 0 saturated heterocycles. The number of carbonyl (C=O) groups excluding carboxylic acids is 4. The molecule has 0 radical (unpaired) electrons. The molecule has 47 heavy (non-hydrogen) atoms. The van der Waals surface area contributed by atoms with Crippen molar-refractivity contribution < 1.29 is 33.8 Å². The van der Waals surface area contributed by atoms with Gasteiger partial charge in [-0.3, -0.25) is 9.59 Å². The van der Waals surface area contributed by atoms with Gasteiger partial charge in [-0.25, -0.2) is 9.59 Å². The predicted molar refractivity (Wildman–Crippen MR) is 186 cm³/mol. The van der Waals surface area contributed by atoms with Crippen LogP contribution in [-0.2, 0) is 30.3 Å². The largest absolute Gasteiger partial charge is 0.508 e. The molecule has 260 valence electrons. The minimum atomic E-state index is -1.29. The average Bonchev–Trinajstić information content (AvgIpc) is 2.95.